The van der Waals surface area contributed by atoms with E-state index in [-0.39, 0.29) is 0 Å². The summed E-state index contributed by atoms with van der Waals surface area (Å²) in [5.74, 6) is 2.16. The average Bonchev–Trinajstić information content (AvgIpc) is 3.29. The molecule has 25 heavy (non-hydrogen) atoms. The zero-order chi connectivity index (χ0) is 17.2. The van der Waals surface area contributed by atoms with E-state index in [1.807, 2.05) is 19.1 Å². The first kappa shape index (κ1) is 16.7. The minimum absolute atomic E-state index is 0.373. The zero-order valence-electron chi connectivity index (χ0n) is 12.9. The fourth-order valence-corrected chi connectivity index (χ4v) is 4.60. The van der Waals surface area contributed by atoms with Crippen molar-refractivity contribution in [3.63, 3.8) is 0 Å². The molecule has 0 radical (unpaired) electrons. The molecule has 4 aromatic rings. The fourth-order valence-electron chi connectivity index (χ4n) is 1.98. The van der Waals surface area contributed by atoms with Crippen LogP contribution in [0.3, 0.4) is 0 Å². The lowest BCUT2D eigenvalue weighted by molar-refractivity contribution is 0.304. The van der Waals surface area contributed by atoms with Gasteiger partial charge in [-0.05, 0) is 31.2 Å². The molecule has 0 aliphatic carbocycles. The average molecular weight is 411 g/mol. The molecule has 7 nitrogen and oxygen atoms in total. The van der Waals surface area contributed by atoms with Crippen LogP contribution in [0.4, 0.5) is 0 Å². The van der Waals surface area contributed by atoms with Crippen LogP contribution in [-0.2, 0) is 12.4 Å². The van der Waals surface area contributed by atoms with E-state index >= 15 is 0 Å². The van der Waals surface area contributed by atoms with Crippen molar-refractivity contribution in [2.24, 2.45) is 0 Å². The van der Waals surface area contributed by atoms with Gasteiger partial charge in [-0.25, -0.2) is 0 Å². The van der Waals surface area contributed by atoms with Crippen LogP contribution in [0.5, 0.6) is 5.75 Å². The summed E-state index contributed by atoms with van der Waals surface area (Å²) in [5.41, 5.74) is 0. The van der Waals surface area contributed by atoms with Crippen molar-refractivity contribution in [3.8, 4) is 5.75 Å². The number of benzene rings is 1. The van der Waals surface area contributed by atoms with Crippen molar-refractivity contribution in [2.45, 2.75) is 23.6 Å². The molecule has 0 N–H and O–H groups in total. The Labute approximate surface area is 160 Å². The van der Waals surface area contributed by atoms with Crippen LogP contribution >= 0.6 is 46.0 Å². The predicted molar refractivity (Wildman–Crippen MR) is 98.7 cm³/mol. The summed E-state index contributed by atoms with van der Waals surface area (Å²) in [5, 5.41) is 23.5. The molecule has 0 bridgehead atoms. The second-order valence-electron chi connectivity index (χ2n) is 4.92. The maximum absolute atomic E-state index is 5.87. The first-order chi connectivity index (χ1) is 12.2. The molecular weight excluding hydrogens is 400 g/mol. The Morgan fingerprint density at radius 3 is 2.72 bits per heavy atom. The molecular formula is C14H11ClN6OS3. The molecule has 0 aliphatic rings. The summed E-state index contributed by atoms with van der Waals surface area (Å²) >= 11 is 10.5. The lowest BCUT2D eigenvalue weighted by Gasteiger charge is -2.02. The van der Waals surface area contributed by atoms with Gasteiger partial charge in [0, 0.05) is 5.02 Å². The number of rotatable bonds is 6. The Hall–Kier alpha value is -1.75. The molecule has 0 amide bonds. The summed E-state index contributed by atoms with van der Waals surface area (Å²) in [6, 6.07) is 7.24. The van der Waals surface area contributed by atoms with Crippen LogP contribution in [0, 0.1) is 6.92 Å². The first-order valence-electron chi connectivity index (χ1n) is 7.18. The van der Waals surface area contributed by atoms with Gasteiger partial charge in [0.15, 0.2) is 15.2 Å². The van der Waals surface area contributed by atoms with Crippen LogP contribution in [-0.4, -0.2) is 30.0 Å². The third kappa shape index (κ3) is 3.92. The van der Waals surface area contributed by atoms with E-state index in [9.17, 15) is 0 Å². The summed E-state index contributed by atoms with van der Waals surface area (Å²) < 4.78 is 8.39. The molecule has 11 heteroatoms. The molecule has 4 rings (SSSR count). The number of thioether (sulfide) groups is 1. The highest BCUT2D eigenvalue weighted by atomic mass is 35.5. The van der Waals surface area contributed by atoms with Gasteiger partial charge in [0.05, 0.1) is 5.75 Å². The van der Waals surface area contributed by atoms with Crippen LogP contribution in [0.2, 0.25) is 5.02 Å². The van der Waals surface area contributed by atoms with E-state index in [1.54, 1.807) is 39.7 Å². The number of halogens is 1. The molecule has 0 fully saturated rings. The van der Waals surface area contributed by atoms with Crippen LogP contribution in [0.25, 0.3) is 4.96 Å². The van der Waals surface area contributed by atoms with E-state index in [1.165, 1.54) is 11.3 Å². The van der Waals surface area contributed by atoms with Crippen molar-refractivity contribution in [2.75, 3.05) is 0 Å². The highest BCUT2D eigenvalue weighted by Gasteiger charge is 2.13. The first-order valence-corrected chi connectivity index (χ1v) is 10.2. The van der Waals surface area contributed by atoms with Crippen LogP contribution in [0.15, 0.2) is 28.6 Å². The minimum atomic E-state index is 0.373. The van der Waals surface area contributed by atoms with E-state index in [2.05, 4.69) is 25.5 Å². The quantitative estimate of drug-likeness (QED) is 0.446. The molecule has 0 saturated heterocycles. The Kier molecular flexibility index (Phi) is 4.84. The van der Waals surface area contributed by atoms with Crippen molar-refractivity contribution in [1.29, 1.82) is 0 Å². The molecule has 0 saturated carbocycles. The van der Waals surface area contributed by atoms with Gasteiger partial charge in [-0.2, -0.15) is 9.61 Å². The SMILES string of the molecule is Cc1nnc(SCc2nnc3sc(COc4ccc(Cl)cc4)nn23)s1. The summed E-state index contributed by atoms with van der Waals surface area (Å²) in [6.07, 6.45) is 0. The maximum atomic E-state index is 5.87. The summed E-state index contributed by atoms with van der Waals surface area (Å²) in [7, 11) is 0. The highest BCUT2D eigenvalue weighted by molar-refractivity contribution is 8.00. The Balaban J connectivity index is 1.43. The molecule has 128 valence electrons. The van der Waals surface area contributed by atoms with Crippen molar-refractivity contribution < 1.29 is 4.74 Å². The molecule has 3 heterocycles. The van der Waals surface area contributed by atoms with Gasteiger partial charge in [0.25, 0.3) is 0 Å². The van der Waals surface area contributed by atoms with E-state index in [0.29, 0.717) is 17.4 Å². The van der Waals surface area contributed by atoms with E-state index < -0.39 is 0 Å². The Morgan fingerprint density at radius 1 is 1.12 bits per heavy atom. The van der Waals surface area contributed by atoms with Crippen molar-refractivity contribution in [3.05, 3.63) is 45.1 Å². The second kappa shape index (κ2) is 7.24. The molecule has 3 aromatic heterocycles. The monoisotopic (exact) mass is 410 g/mol. The summed E-state index contributed by atoms with van der Waals surface area (Å²) in [4.78, 5) is 0.749. The summed E-state index contributed by atoms with van der Waals surface area (Å²) in [6.45, 7) is 2.31. The van der Waals surface area contributed by atoms with Gasteiger partial charge in [-0.3, -0.25) is 0 Å². The number of ether oxygens (including phenoxy) is 1. The minimum Gasteiger partial charge on any atom is -0.486 e. The smallest absolute Gasteiger partial charge is 0.234 e. The van der Waals surface area contributed by atoms with Crippen LogP contribution in [0.1, 0.15) is 15.8 Å². The zero-order valence-corrected chi connectivity index (χ0v) is 16.1. The normalized spacial score (nSPS) is 11.3. The van der Waals surface area contributed by atoms with E-state index in [0.717, 1.165) is 30.9 Å². The highest BCUT2D eigenvalue weighted by Crippen LogP contribution is 2.26. The topological polar surface area (TPSA) is 78.1 Å². The van der Waals surface area contributed by atoms with Gasteiger partial charge in [0.1, 0.15) is 17.4 Å². The maximum Gasteiger partial charge on any atom is 0.234 e. The number of aryl methyl sites for hydroxylation is 1. The predicted octanol–water partition coefficient (Wildman–Crippen LogP) is 3.87. The lowest BCUT2D eigenvalue weighted by atomic mass is 10.3. The molecule has 0 spiro atoms. The Bertz CT molecular complexity index is 996. The van der Waals surface area contributed by atoms with Crippen molar-refractivity contribution >= 4 is 51.0 Å². The Morgan fingerprint density at radius 2 is 1.96 bits per heavy atom. The van der Waals surface area contributed by atoms with Crippen LogP contribution < -0.4 is 4.74 Å². The standard InChI is InChI=1S/C14H11ClN6OS3/c1-8-16-19-14(24-8)23-7-11-17-18-13-21(11)20-12(25-13)6-22-10-4-2-9(15)3-5-10/h2-5H,6-7H2,1H3. The number of fused-ring (bicyclic) bond motifs is 1. The van der Waals surface area contributed by atoms with Crippen molar-refractivity contribution in [1.82, 2.24) is 30.0 Å². The number of nitrogens with zero attached hydrogens (tertiary/aromatic N) is 6. The second-order valence-corrected chi connectivity index (χ2v) is 8.81. The molecule has 1 aromatic carbocycles. The van der Waals surface area contributed by atoms with E-state index in [4.69, 9.17) is 16.3 Å². The fraction of sp³-hybridized carbons (Fsp3) is 0.214. The van der Waals surface area contributed by atoms with Gasteiger partial charge >= 0.3 is 0 Å². The third-order valence-electron chi connectivity index (χ3n) is 3.11. The van der Waals surface area contributed by atoms with Gasteiger partial charge in [-0.15, -0.1) is 20.4 Å². The van der Waals surface area contributed by atoms with Gasteiger partial charge in [0.2, 0.25) is 4.96 Å². The largest absolute Gasteiger partial charge is 0.486 e. The lowest BCUT2D eigenvalue weighted by Crippen LogP contribution is -1.98. The number of aromatic nitrogens is 6. The molecule has 0 unspecified atom stereocenters. The third-order valence-corrected chi connectivity index (χ3v) is 6.20. The number of hydrogen-bond donors (Lipinski definition) is 0. The number of hydrogen-bond acceptors (Lipinski definition) is 9. The molecule has 0 aliphatic heterocycles. The van der Waals surface area contributed by atoms with Gasteiger partial charge < -0.3 is 4.74 Å². The van der Waals surface area contributed by atoms with Gasteiger partial charge in [-0.1, -0.05) is 46.0 Å². The molecule has 0 atom stereocenters.